The Kier molecular flexibility index (Phi) is 4.46. The number of benzene rings is 1. The minimum absolute atomic E-state index is 0.166. The van der Waals surface area contributed by atoms with Crippen LogP contribution in [0.25, 0.3) is 0 Å². The highest BCUT2D eigenvalue weighted by Crippen LogP contribution is 2.26. The van der Waals surface area contributed by atoms with E-state index >= 15 is 0 Å². The van der Waals surface area contributed by atoms with E-state index in [1.807, 2.05) is 6.07 Å². The molecule has 0 unspecified atom stereocenters. The Morgan fingerprint density at radius 2 is 2.16 bits per heavy atom. The third-order valence-electron chi connectivity index (χ3n) is 4.77. The first-order chi connectivity index (χ1) is 12.2. The van der Waals surface area contributed by atoms with Crippen LogP contribution in [0.4, 0.5) is 0 Å². The van der Waals surface area contributed by atoms with Crippen molar-refractivity contribution in [1.82, 2.24) is 9.80 Å². The molecule has 1 N–H and O–H groups in total. The molecule has 4 rings (SSSR count). The van der Waals surface area contributed by atoms with Crippen LogP contribution in [0.3, 0.4) is 0 Å². The fourth-order valence-electron chi connectivity index (χ4n) is 3.54. The molecule has 0 spiro atoms. The van der Waals surface area contributed by atoms with E-state index in [4.69, 9.17) is 9.15 Å². The van der Waals surface area contributed by atoms with E-state index < -0.39 is 6.10 Å². The summed E-state index contributed by atoms with van der Waals surface area (Å²) in [6, 6.07) is 9.65. The van der Waals surface area contributed by atoms with Gasteiger partial charge in [0.25, 0.3) is 5.91 Å². The number of furan rings is 1. The lowest BCUT2D eigenvalue weighted by molar-refractivity contribution is 0.0634. The number of aliphatic hydroxyl groups is 1. The number of hydrogen-bond donors (Lipinski definition) is 1. The second-order valence-corrected chi connectivity index (χ2v) is 6.66. The molecular formula is C19H22N2O4. The molecule has 132 valence electrons. The van der Waals surface area contributed by atoms with Crippen LogP contribution in [0, 0.1) is 0 Å². The lowest BCUT2D eigenvalue weighted by Gasteiger charge is -2.21. The smallest absolute Gasteiger partial charge is 0.289 e. The number of rotatable bonds is 3. The summed E-state index contributed by atoms with van der Waals surface area (Å²) in [6.07, 6.45) is 1.88. The van der Waals surface area contributed by atoms with Crippen molar-refractivity contribution in [3.8, 4) is 5.75 Å². The zero-order valence-electron chi connectivity index (χ0n) is 14.1. The second-order valence-electron chi connectivity index (χ2n) is 6.66. The summed E-state index contributed by atoms with van der Waals surface area (Å²) >= 11 is 0. The molecule has 2 aromatic rings. The lowest BCUT2D eigenvalue weighted by Crippen LogP contribution is -2.37. The molecular weight excluding hydrogens is 320 g/mol. The predicted molar refractivity (Wildman–Crippen MR) is 91.5 cm³/mol. The fourth-order valence-corrected chi connectivity index (χ4v) is 3.54. The van der Waals surface area contributed by atoms with Crippen LogP contribution in [0.1, 0.15) is 21.7 Å². The SMILES string of the molecule is O=C(c1ccco1)N1CCN(Cc2ccc3c(c2)CCO3)C[C@@H](O)C1. The highest BCUT2D eigenvalue weighted by atomic mass is 16.5. The van der Waals surface area contributed by atoms with Crippen LogP contribution >= 0.6 is 0 Å². The first-order valence-corrected chi connectivity index (χ1v) is 8.67. The second kappa shape index (κ2) is 6.90. The fraction of sp³-hybridized carbons (Fsp3) is 0.421. The molecule has 25 heavy (non-hydrogen) atoms. The number of ether oxygens (including phenoxy) is 1. The molecule has 0 bridgehead atoms. The summed E-state index contributed by atoms with van der Waals surface area (Å²) in [5, 5.41) is 10.3. The van der Waals surface area contributed by atoms with Gasteiger partial charge in [-0.2, -0.15) is 0 Å². The van der Waals surface area contributed by atoms with E-state index in [0.717, 1.165) is 31.9 Å². The Labute approximate surface area is 146 Å². The normalized spacial score (nSPS) is 20.8. The number of nitrogens with zero attached hydrogens (tertiary/aromatic N) is 2. The van der Waals surface area contributed by atoms with E-state index in [1.165, 1.54) is 17.4 Å². The van der Waals surface area contributed by atoms with Gasteiger partial charge in [-0.1, -0.05) is 12.1 Å². The standard InChI is InChI=1S/C19H22N2O4/c22-16-12-20(11-14-3-4-17-15(10-14)5-9-25-17)6-7-21(13-16)19(23)18-2-1-8-24-18/h1-4,8,10,16,22H,5-7,9,11-13H2/t16-/m1/s1. The number of amides is 1. The largest absolute Gasteiger partial charge is 0.493 e. The van der Waals surface area contributed by atoms with Crippen molar-refractivity contribution in [2.45, 2.75) is 19.1 Å². The maximum Gasteiger partial charge on any atom is 0.289 e. The number of carbonyl (C=O) groups excluding carboxylic acids is 1. The van der Waals surface area contributed by atoms with Crippen LogP contribution in [-0.2, 0) is 13.0 Å². The lowest BCUT2D eigenvalue weighted by atomic mass is 10.1. The molecule has 6 heteroatoms. The first kappa shape index (κ1) is 16.2. The highest BCUT2D eigenvalue weighted by Gasteiger charge is 2.26. The molecule has 0 radical (unpaired) electrons. The predicted octanol–water partition coefficient (Wildman–Crippen LogP) is 1.53. The molecule has 1 atom stereocenters. The summed E-state index contributed by atoms with van der Waals surface area (Å²) in [4.78, 5) is 16.3. The van der Waals surface area contributed by atoms with E-state index in [-0.39, 0.29) is 5.91 Å². The topological polar surface area (TPSA) is 66.2 Å². The number of aliphatic hydroxyl groups excluding tert-OH is 1. The average molecular weight is 342 g/mol. The molecule has 2 aliphatic heterocycles. The minimum Gasteiger partial charge on any atom is -0.493 e. The van der Waals surface area contributed by atoms with Crippen molar-refractivity contribution in [1.29, 1.82) is 0 Å². The average Bonchev–Trinajstić information content (AvgIpc) is 3.25. The molecule has 6 nitrogen and oxygen atoms in total. The Morgan fingerprint density at radius 3 is 3.00 bits per heavy atom. The van der Waals surface area contributed by atoms with Crippen molar-refractivity contribution >= 4 is 5.91 Å². The van der Waals surface area contributed by atoms with Gasteiger partial charge in [0.15, 0.2) is 5.76 Å². The molecule has 1 fully saturated rings. The van der Waals surface area contributed by atoms with E-state index in [2.05, 4.69) is 17.0 Å². The zero-order chi connectivity index (χ0) is 17.2. The van der Waals surface area contributed by atoms with Crippen LogP contribution in [0.5, 0.6) is 5.75 Å². The van der Waals surface area contributed by atoms with Gasteiger partial charge in [-0.25, -0.2) is 0 Å². The number of β-amino-alcohol motifs (C(OH)–C–C–N with tert-alkyl or cyclic N) is 1. The van der Waals surface area contributed by atoms with E-state index in [0.29, 0.717) is 25.4 Å². The maximum atomic E-state index is 12.4. The molecule has 1 amide bonds. The van der Waals surface area contributed by atoms with Gasteiger partial charge in [-0.3, -0.25) is 9.69 Å². The molecule has 1 aromatic heterocycles. The van der Waals surface area contributed by atoms with Gasteiger partial charge in [0.05, 0.1) is 19.0 Å². The zero-order valence-corrected chi connectivity index (χ0v) is 14.1. The van der Waals surface area contributed by atoms with Crippen molar-refractivity contribution in [2.24, 2.45) is 0 Å². The van der Waals surface area contributed by atoms with Gasteiger partial charge in [-0.15, -0.1) is 0 Å². The van der Waals surface area contributed by atoms with Crippen LogP contribution in [0.2, 0.25) is 0 Å². The summed E-state index contributed by atoms with van der Waals surface area (Å²) < 4.78 is 10.7. The van der Waals surface area contributed by atoms with Gasteiger partial charge in [-0.05, 0) is 29.3 Å². The molecule has 3 heterocycles. The third-order valence-corrected chi connectivity index (χ3v) is 4.77. The van der Waals surface area contributed by atoms with Crippen LogP contribution < -0.4 is 4.74 Å². The van der Waals surface area contributed by atoms with Crippen molar-refractivity contribution in [3.05, 3.63) is 53.5 Å². The maximum absolute atomic E-state index is 12.4. The Bertz CT molecular complexity index is 744. The van der Waals surface area contributed by atoms with Gasteiger partial charge in [0, 0.05) is 39.1 Å². The molecule has 2 aliphatic rings. The third kappa shape index (κ3) is 3.55. The number of fused-ring (bicyclic) bond motifs is 1. The highest BCUT2D eigenvalue weighted by molar-refractivity contribution is 5.91. The van der Waals surface area contributed by atoms with Crippen molar-refractivity contribution in [3.63, 3.8) is 0 Å². The van der Waals surface area contributed by atoms with Gasteiger partial charge >= 0.3 is 0 Å². The quantitative estimate of drug-likeness (QED) is 0.916. The van der Waals surface area contributed by atoms with Crippen LogP contribution in [-0.4, -0.2) is 59.7 Å². The summed E-state index contributed by atoms with van der Waals surface area (Å²) in [6.45, 7) is 3.68. The Balaban J connectivity index is 1.42. The Morgan fingerprint density at radius 1 is 1.24 bits per heavy atom. The van der Waals surface area contributed by atoms with Gasteiger partial charge in [0.1, 0.15) is 5.75 Å². The molecule has 1 saturated heterocycles. The molecule has 0 aliphatic carbocycles. The molecule has 1 aromatic carbocycles. The molecule has 0 saturated carbocycles. The summed E-state index contributed by atoms with van der Waals surface area (Å²) in [5.41, 5.74) is 2.46. The monoisotopic (exact) mass is 342 g/mol. The first-order valence-electron chi connectivity index (χ1n) is 8.67. The van der Waals surface area contributed by atoms with Gasteiger partial charge in [0.2, 0.25) is 0 Å². The summed E-state index contributed by atoms with van der Waals surface area (Å²) in [7, 11) is 0. The Hall–Kier alpha value is -2.31. The minimum atomic E-state index is -0.570. The van der Waals surface area contributed by atoms with E-state index in [1.54, 1.807) is 17.0 Å². The van der Waals surface area contributed by atoms with Crippen molar-refractivity contribution in [2.75, 3.05) is 32.8 Å². The number of hydrogen-bond acceptors (Lipinski definition) is 5. The number of carbonyl (C=O) groups is 1. The van der Waals surface area contributed by atoms with E-state index in [9.17, 15) is 9.90 Å². The summed E-state index contributed by atoms with van der Waals surface area (Å²) in [5.74, 6) is 1.13. The van der Waals surface area contributed by atoms with Gasteiger partial charge < -0.3 is 19.2 Å². The van der Waals surface area contributed by atoms with Crippen molar-refractivity contribution < 1.29 is 19.1 Å². The van der Waals surface area contributed by atoms with Crippen LogP contribution in [0.15, 0.2) is 41.0 Å².